The van der Waals surface area contributed by atoms with Gasteiger partial charge in [-0.05, 0) is 24.0 Å². The Morgan fingerprint density at radius 1 is 1.30 bits per heavy atom. The van der Waals surface area contributed by atoms with Gasteiger partial charge in [0.1, 0.15) is 11.3 Å². The quantitative estimate of drug-likeness (QED) is 0.217. The van der Waals surface area contributed by atoms with Crippen LogP contribution in [0.3, 0.4) is 0 Å². The van der Waals surface area contributed by atoms with E-state index in [4.69, 9.17) is 9.47 Å². The van der Waals surface area contributed by atoms with Crippen LogP contribution < -0.4 is 15.4 Å². The van der Waals surface area contributed by atoms with Gasteiger partial charge in [-0.1, -0.05) is 6.07 Å². The predicted octanol–water partition coefficient (Wildman–Crippen LogP) is 2.13. The number of nitrogens with one attached hydrogen (secondary N) is 2. The van der Waals surface area contributed by atoms with Crippen molar-refractivity contribution < 1.29 is 14.3 Å². The minimum Gasteiger partial charge on any atom is -0.496 e. The molecule has 0 radical (unpaired) electrons. The van der Waals surface area contributed by atoms with Crippen molar-refractivity contribution in [2.45, 2.75) is 6.54 Å². The number of carbonyl (C=O) groups is 1. The molecule has 2 N–H and O–H groups in total. The van der Waals surface area contributed by atoms with E-state index in [0.29, 0.717) is 17.9 Å². The van der Waals surface area contributed by atoms with Gasteiger partial charge in [-0.3, -0.25) is 4.99 Å². The first kappa shape index (κ1) is 21.8. The Labute approximate surface area is 158 Å². The molecule has 0 amide bonds. The van der Waals surface area contributed by atoms with Crippen LogP contribution in [0.2, 0.25) is 0 Å². The van der Waals surface area contributed by atoms with Crippen molar-refractivity contribution in [3.8, 4) is 5.75 Å². The van der Waals surface area contributed by atoms with Gasteiger partial charge in [0.25, 0.3) is 0 Å². The molecule has 0 aliphatic carbocycles. The zero-order valence-corrected chi connectivity index (χ0v) is 17.0. The number of benzene rings is 1. The maximum Gasteiger partial charge on any atom is 0.341 e. The number of esters is 1. The van der Waals surface area contributed by atoms with Gasteiger partial charge in [0, 0.05) is 25.9 Å². The molecule has 1 aromatic carbocycles. The van der Waals surface area contributed by atoms with Crippen LogP contribution in [-0.2, 0) is 11.3 Å². The van der Waals surface area contributed by atoms with E-state index in [0.717, 1.165) is 23.8 Å². The van der Waals surface area contributed by atoms with Crippen LogP contribution in [0, 0.1) is 0 Å². The van der Waals surface area contributed by atoms with Crippen LogP contribution in [0.15, 0.2) is 23.2 Å². The second-order valence-corrected chi connectivity index (χ2v) is 5.36. The summed E-state index contributed by atoms with van der Waals surface area (Å²) in [7, 11) is 4.60. The lowest BCUT2D eigenvalue weighted by Crippen LogP contribution is -2.37. The molecule has 0 spiro atoms. The molecule has 0 saturated heterocycles. The van der Waals surface area contributed by atoms with E-state index < -0.39 is 5.97 Å². The first-order chi connectivity index (χ1) is 10.7. The van der Waals surface area contributed by atoms with E-state index in [9.17, 15) is 4.79 Å². The number of carbonyl (C=O) groups excluding carboxylic acids is 1. The zero-order valence-electron chi connectivity index (χ0n) is 13.8. The molecule has 6 nitrogen and oxygen atoms in total. The molecule has 0 aromatic heterocycles. The van der Waals surface area contributed by atoms with E-state index in [1.165, 1.54) is 14.2 Å². The molecule has 1 aromatic rings. The lowest BCUT2D eigenvalue weighted by Gasteiger charge is -2.13. The highest BCUT2D eigenvalue weighted by Gasteiger charge is 2.13. The van der Waals surface area contributed by atoms with E-state index in [1.807, 2.05) is 6.07 Å². The Morgan fingerprint density at radius 2 is 2.04 bits per heavy atom. The van der Waals surface area contributed by atoms with Gasteiger partial charge in [0.05, 0.1) is 14.2 Å². The highest BCUT2D eigenvalue weighted by Crippen LogP contribution is 2.20. The largest absolute Gasteiger partial charge is 0.496 e. The van der Waals surface area contributed by atoms with Gasteiger partial charge in [-0.15, -0.1) is 24.0 Å². The molecule has 0 fully saturated rings. The molecule has 130 valence electrons. The molecule has 0 saturated carbocycles. The number of aliphatic imine (C=N–C) groups is 1. The third-order valence-corrected chi connectivity index (χ3v) is 3.56. The molecule has 23 heavy (non-hydrogen) atoms. The molecule has 0 heterocycles. The molecule has 0 aliphatic rings. The Morgan fingerprint density at radius 3 is 2.61 bits per heavy atom. The topological polar surface area (TPSA) is 72.0 Å². The average molecular weight is 453 g/mol. The monoisotopic (exact) mass is 453 g/mol. The van der Waals surface area contributed by atoms with Crippen LogP contribution in [-0.4, -0.2) is 51.7 Å². The third kappa shape index (κ3) is 7.30. The summed E-state index contributed by atoms with van der Waals surface area (Å²) in [6.45, 7) is 1.39. The lowest BCUT2D eigenvalue weighted by atomic mass is 10.1. The summed E-state index contributed by atoms with van der Waals surface area (Å²) >= 11 is 1.77. The van der Waals surface area contributed by atoms with Crippen molar-refractivity contribution in [2.75, 3.05) is 39.8 Å². The van der Waals surface area contributed by atoms with Crippen LogP contribution in [0.25, 0.3) is 0 Å². The number of hydrogen-bond donors (Lipinski definition) is 2. The van der Waals surface area contributed by atoms with Crippen molar-refractivity contribution in [1.29, 1.82) is 0 Å². The Bertz CT molecular complexity index is 527. The van der Waals surface area contributed by atoms with Crippen molar-refractivity contribution in [3.05, 3.63) is 29.3 Å². The number of rotatable bonds is 7. The third-order valence-electron chi connectivity index (χ3n) is 2.95. The summed E-state index contributed by atoms with van der Waals surface area (Å²) in [5.41, 5.74) is 1.35. The summed E-state index contributed by atoms with van der Waals surface area (Å²) in [6.07, 6.45) is 2.06. The summed E-state index contributed by atoms with van der Waals surface area (Å²) in [6, 6.07) is 5.41. The predicted molar refractivity (Wildman–Crippen MR) is 106 cm³/mol. The highest BCUT2D eigenvalue weighted by molar-refractivity contribution is 14.0. The van der Waals surface area contributed by atoms with Gasteiger partial charge in [0.15, 0.2) is 5.96 Å². The number of ether oxygens (including phenoxy) is 2. The van der Waals surface area contributed by atoms with Gasteiger partial charge in [-0.2, -0.15) is 11.8 Å². The van der Waals surface area contributed by atoms with Crippen LogP contribution in [0.4, 0.5) is 0 Å². The first-order valence-corrected chi connectivity index (χ1v) is 8.24. The van der Waals surface area contributed by atoms with E-state index in [-0.39, 0.29) is 24.0 Å². The smallest absolute Gasteiger partial charge is 0.341 e. The molecule has 1 rings (SSSR count). The summed E-state index contributed by atoms with van der Waals surface area (Å²) in [5, 5.41) is 6.42. The SMILES string of the molecule is CN=C(NCCSC)NCc1ccc(OC)c(C(=O)OC)c1.I. The standard InChI is InChI=1S/C15H23N3O3S.HI/c1-16-15(17-7-8-22-4)18-10-11-5-6-13(20-2)12(9-11)14(19)21-3;/h5-6,9H,7-8,10H2,1-4H3,(H2,16,17,18);1H. The minimum atomic E-state index is -0.416. The molecule has 8 heteroatoms. The number of methoxy groups -OCH3 is 2. The molecule has 0 bridgehead atoms. The molecule has 0 unspecified atom stereocenters. The van der Waals surface area contributed by atoms with Crippen molar-refractivity contribution in [1.82, 2.24) is 10.6 Å². The second kappa shape index (κ2) is 12.3. The number of nitrogens with zero attached hydrogens (tertiary/aromatic N) is 1. The Balaban J connectivity index is 0.00000484. The Kier molecular flexibility index (Phi) is 11.7. The van der Waals surface area contributed by atoms with Crippen molar-refractivity contribution in [3.63, 3.8) is 0 Å². The van der Waals surface area contributed by atoms with Crippen molar-refractivity contribution in [2.24, 2.45) is 4.99 Å². The fraction of sp³-hybridized carbons (Fsp3) is 0.467. The van der Waals surface area contributed by atoms with Gasteiger partial charge >= 0.3 is 5.97 Å². The molecular weight excluding hydrogens is 429 g/mol. The van der Waals surface area contributed by atoms with Crippen LogP contribution in [0.5, 0.6) is 5.75 Å². The normalized spacial score (nSPS) is 10.5. The van der Waals surface area contributed by atoms with Gasteiger partial charge in [0.2, 0.25) is 0 Å². The number of thioether (sulfide) groups is 1. The molecule has 0 atom stereocenters. The van der Waals surface area contributed by atoms with Gasteiger partial charge < -0.3 is 20.1 Å². The number of halogens is 1. The lowest BCUT2D eigenvalue weighted by molar-refractivity contribution is 0.0597. The molecular formula is C15H24IN3O3S. The first-order valence-electron chi connectivity index (χ1n) is 6.85. The van der Waals surface area contributed by atoms with E-state index in [2.05, 4.69) is 21.9 Å². The second-order valence-electron chi connectivity index (χ2n) is 4.37. The van der Waals surface area contributed by atoms with E-state index in [1.54, 1.807) is 30.9 Å². The summed E-state index contributed by atoms with van der Waals surface area (Å²) < 4.78 is 9.94. The number of guanidine groups is 1. The van der Waals surface area contributed by atoms with E-state index >= 15 is 0 Å². The zero-order chi connectivity index (χ0) is 16.4. The van der Waals surface area contributed by atoms with Crippen LogP contribution in [0.1, 0.15) is 15.9 Å². The van der Waals surface area contributed by atoms with Crippen LogP contribution >= 0.6 is 35.7 Å². The number of hydrogen-bond acceptors (Lipinski definition) is 5. The Hall–Kier alpha value is -1.16. The fourth-order valence-corrected chi connectivity index (χ4v) is 2.12. The van der Waals surface area contributed by atoms with Crippen molar-refractivity contribution >= 4 is 47.7 Å². The summed E-state index contributed by atoms with van der Waals surface area (Å²) in [5.74, 6) is 1.82. The summed E-state index contributed by atoms with van der Waals surface area (Å²) in [4.78, 5) is 15.9. The molecule has 0 aliphatic heterocycles. The average Bonchev–Trinajstić information content (AvgIpc) is 2.57. The maximum atomic E-state index is 11.8. The fourth-order valence-electron chi connectivity index (χ4n) is 1.81. The van der Waals surface area contributed by atoms with Gasteiger partial charge in [-0.25, -0.2) is 4.79 Å². The maximum absolute atomic E-state index is 11.8. The minimum absolute atomic E-state index is 0. The highest BCUT2D eigenvalue weighted by atomic mass is 127.